The van der Waals surface area contributed by atoms with Crippen LogP contribution < -0.4 is 0 Å². The monoisotopic (exact) mass is 253 g/mol. The van der Waals surface area contributed by atoms with Crippen molar-refractivity contribution in [3.63, 3.8) is 0 Å². The number of nitrogens with zero attached hydrogens (tertiary/aromatic N) is 1. The van der Waals surface area contributed by atoms with Crippen LogP contribution in [-0.4, -0.2) is 40.8 Å². The maximum Gasteiger partial charge on any atom is 0.389 e. The highest BCUT2D eigenvalue weighted by atomic mass is 19.4. The van der Waals surface area contributed by atoms with Gasteiger partial charge >= 0.3 is 12.1 Å². The molecule has 3 nitrogen and oxygen atoms in total. The number of hydrogen-bond acceptors (Lipinski definition) is 2. The number of likely N-dealkylation sites (tertiary alicyclic amines) is 1. The molecule has 1 N–H and O–H groups in total. The fourth-order valence-corrected chi connectivity index (χ4v) is 2.35. The van der Waals surface area contributed by atoms with E-state index in [9.17, 15) is 18.0 Å². The molecule has 6 heteroatoms. The maximum atomic E-state index is 12.0. The summed E-state index contributed by atoms with van der Waals surface area (Å²) in [6.07, 6.45) is -3.05. The number of alkyl halides is 3. The SMILES string of the molecule is CC(CCCC(F)(F)F)N1CCCC1C(=O)O. The van der Waals surface area contributed by atoms with Crippen molar-refractivity contribution in [3.8, 4) is 0 Å². The number of carboxylic acid groups (broad SMARTS) is 1. The zero-order chi connectivity index (χ0) is 13.1. The molecule has 0 saturated carbocycles. The molecule has 1 aliphatic rings. The lowest BCUT2D eigenvalue weighted by Gasteiger charge is -2.28. The molecule has 0 aromatic rings. The molecule has 0 aromatic carbocycles. The molecule has 0 aliphatic carbocycles. The molecule has 1 heterocycles. The topological polar surface area (TPSA) is 40.5 Å². The highest BCUT2D eigenvalue weighted by Crippen LogP contribution is 2.26. The first-order chi connectivity index (χ1) is 7.81. The van der Waals surface area contributed by atoms with E-state index in [0.717, 1.165) is 6.42 Å². The third kappa shape index (κ3) is 4.53. The van der Waals surface area contributed by atoms with Crippen LogP contribution >= 0.6 is 0 Å². The molecule has 0 bridgehead atoms. The van der Waals surface area contributed by atoms with E-state index in [0.29, 0.717) is 19.4 Å². The van der Waals surface area contributed by atoms with E-state index < -0.39 is 24.6 Å². The van der Waals surface area contributed by atoms with E-state index in [-0.39, 0.29) is 12.5 Å². The fourth-order valence-electron chi connectivity index (χ4n) is 2.35. The van der Waals surface area contributed by atoms with Gasteiger partial charge in [0.1, 0.15) is 6.04 Å². The first-order valence-electron chi connectivity index (χ1n) is 5.86. The van der Waals surface area contributed by atoms with E-state index >= 15 is 0 Å². The van der Waals surface area contributed by atoms with E-state index in [1.807, 2.05) is 0 Å². The number of hydrogen-bond donors (Lipinski definition) is 1. The molecule has 17 heavy (non-hydrogen) atoms. The predicted octanol–water partition coefficient (Wildman–Crippen LogP) is 2.66. The quantitative estimate of drug-likeness (QED) is 0.818. The Morgan fingerprint density at radius 2 is 2.18 bits per heavy atom. The summed E-state index contributed by atoms with van der Waals surface area (Å²) in [7, 11) is 0. The van der Waals surface area contributed by atoms with Crippen LogP contribution in [0.1, 0.15) is 39.0 Å². The van der Waals surface area contributed by atoms with Crippen LogP contribution in [0.5, 0.6) is 0 Å². The lowest BCUT2D eigenvalue weighted by molar-refractivity contribution is -0.144. The van der Waals surface area contributed by atoms with Crippen molar-refractivity contribution in [2.24, 2.45) is 0 Å². The summed E-state index contributed by atoms with van der Waals surface area (Å²) in [5, 5.41) is 8.97. The molecule has 1 aliphatic heterocycles. The van der Waals surface area contributed by atoms with Crippen LogP contribution in [0.2, 0.25) is 0 Å². The zero-order valence-corrected chi connectivity index (χ0v) is 9.83. The second-order valence-electron chi connectivity index (χ2n) is 4.59. The Kier molecular flexibility index (Phi) is 4.80. The third-order valence-corrected chi connectivity index (χ3v) is 3.23. The number of aliphatic carboxylic acids is 1. The van der Waals surface area contributed by atoms with Crippen LogP contribution in [0, 0.1) is 0 Å². The number of carbonyl (C=O) groups is 1. The Hall–Kier alpha value is -0.780. The molecule has 100 valence electrons. The summed E-state index contributed by atoms with van der Waals surface area (Å²) in [6, 6.07) is -0.614. The maximum absolute atomic E-state index is 12.0. The normalized spacial score (nSPS) is 23.9. The van der Waals surface area contributed by atoms with Gasteiger partial charge in [-0.2, -0.15) is 13.2 Å². The van der Waals surface area contributed by atoms with Crippen LogP contribution in [-0.2, 0) is 4.79 Å². The van der Waals surface area contributed by atoms with Gasteiger partial charge in [-0.05, 0) is 39.2 Å². The molecule has 2 unspecified atom stereocenters. The highest BCUT2D eigenvalue weighted by molar-refractivity contribution is 5.73. The Balaban J connectivity index is 2.36. The Bertz CT molecular complexity index is 268. The Morgan fingerprint density at radius 3 is 2.71 bits per heavy atom. The van der Waals surface area contributed by atoms with Crippen LogP contribution in [0.4, 0.5) is 13.2 Å². The van der Waals surface area contributed by atoms with Gasteiger partial charge in [0.25, 0.3) is 0 Å². The highest BCUT2D eigenvalue weighted by Gasteiger charge is 2.34. The fraction of sp³-hybridized carbons (Fsp3) is 0.909. The number of halogens is 3. The lowest BCUT2D eigenvalue weighted by atomic mass is 10.1. The molecular formula is C11H18F3NO2. The summed E-state index contributed by atoms with van der Waals surface area (Å²) < 4.78 is 35.9. The zero-order valence-electron chi connectivity index (χ0n) is 9.83. The average Bonchev–Trinajstić information content (AvgIpc) is 2.63. The van der Waals surface area contributed by atoms with Gasteiger partial charge in [0.15, 0.2) is 0 Å². The van der Waals surface area contributed by atoms with Crippen molar-refractivity contribution in [3.05, 3.63) is 0 Å². The number of rotatable bonds is 5. The van der Waals surface area contributed by atoms with Crippen LogP contribution in [0.25, 0.3) is 0 Å². The molecule has 1 saturated heterocycles. The summed E-state index contributed by atoms with van der Waals surface area (Å²) in [4.78, 5) is 12.7. The number of carboxylic acids is 1. The molecule has 1 fully saturated rings. The molecular weight excluding hydrogens is 235 g/mol. The van der Waals surface area contributed by atoms with E-state index in [1.165, 1.54) is 0 Å². The van der Waals surface area contributed by atoms with Crippen LogP contribution in [0.3, 0.4) is 0 Å². The third-order valence-electron chi connectivity index (χ3n) is 3.23. The van der Waals surface area contributed by atoms with E-state index in [1.54, 1.807) is 11.8 Å². The van der Waals surface area contributed by atoms with Crippen molar-refractivity contribution in [2.75, 3.05) is 6.54 Å². The first-order valence-corrected chi connectivity index (χ1v) is 5.86. The van der Waals surface area contributed by atoms with Crippen molar-refractivity contribution < 1.29 is 23.1 Å². The van der Waals surface area contributed by atoms with Crippen molar-refractivity contribution in [1.29, 1.82) is 0 Å². The minimum Gasteiger partial charge on any atom is -0.480 e. The van der Waals surface area contributed by atoms with E-state index in [2.05, 4.69) is 0 Å². The second kappa shape index (κ2) is 5.71. The molecule has 0 radical (unpaired) electrons. The Labute approximate surface area is 98.6 Å². The molecule has 0 amide bonds. The van der Waals surface area contributed by atoms with Crippen molar-refractivity contribution in [2.45, 2.75) is 57.3 Å². The molecule has 0 aromatic heterocycles. The molecule has 0 spiro atoms. The Morgan fingerprint density at radius 1 is 1.53 bits per heavy atom. The van der Waals surface area contributed by atoms with Gasteiger partial charge in [0, 0.05) is 12.5 Å². The molecule has 1 rings (SSSR count). The standard InChI is InChI=1S/C11H18F3NO2/c1-8(4-2-6-11(12,13)14)15-7-3-5-9(15)10(16)17/h8-9H,2-7H2,1H3,(H,16,17). The first kappa shape index (κ1) is 14.3. The smallest absolute Gasteiger partial charge is 0.389 e. The minimum absolute atomic E-state index is 0.0630. The van der Waals surface area contributed by atoms with Gasteiger partial charge in [-0.1, -0.05) is 0 Å². The van der Waals surface area contributed by atoms with Crippen LogP contribution in [0.15, 0.2) is 0 Å². The lowest BCUT2D eigenvalue weighted by Crippen LogP contribution is -2.41. The average molecular weight is 253 g/mol. The van der Waals surface area contributed by atoms with Gasteiger partial charge in [-0.3, -0.25) is 9.69 Å². The van der Waals surface area contributed by atoms with Crippen molar-refractivity contribution in [1.82, 2.24) is 4.90 Å². The van der Waals surface area contributed by atoms with Gasteiger partial charge in [-0.25, -0.2) is 0 Å². The van der Waals surface area contributed by atoms with Gasteiger partial charge < -0.3 is 5.11 Å². The van der Waals surface area contributed by atoms with Gasteiger partial charge in [-0.15, -0.1) is 0 Å². The summed E-state index contributed by atoms with van der Waals surface area (Å²) in [5.74, 6) is -0.870. The summed E-state index contributed by atoms with van der Waals surface area (Å²) in [5.41, 5.74) is 0. The predicted molar refractivity (Wildman–Crippen MR) is 56.7 cm³/mol. The van der Waals surface area contributed by atoms with E-state index in [4.69, 9.17) is 5.11 Å². The van der Waals surface area contributed by atoms with Gasteiger partial charge in [0.2, 0.25) is 0 Å². The largest absolute Gasteiger partial charge is 0.480 e. The minimum atomic E-state index is -4.11. The molecule has 2 atom stereocenters. The van der Waals surface area contributed by atoms with Gasteiger partial charge in [0.05, 0.1) is 0 Å². The summed E-state index contributed by atoms with van der Waals surface area (Å²) in [6.45, 7) is 2.47. The summed E-state index contributed by atoms with van der Waals surface area (Å²) >= 11 is 0. The second-order valence-corrected chi connectivity index (χ2v) is 4.59. The van der Waals surface area contributed by atoms with Crippen molar-refractivity contribution >= 4 is 5.97 Å².